The molecule has 1 saturated carbocycles. The second kappa shape index (κ2) is 7.47. The fourth-order valence-corrected chi connectivity index (χ4v) is 3.30. The minimum absolute atomic E-state index is 0.152. The fraction of sp³-hybridized carbons (Fsp3) is 1.00. The van der Waals surface area contributed by atoms with Gasteiger partial charge in [-0.25, -0.2) is 0 Å². The second-order valence-corrected chi connectivity index (χ2v) is 5.64. The van der Waals surface area contributed by atoms with Gasteiger partial charge in [-0.2, -0.15) is 0 Å². The highest BCUT2D eigenvalue weighted by Gasteiger charge is 2.33. The van der Waals surface area contributed by atoms with Crippen LogP contribution in [0.3, 0.4) is 0 Å². The highest BCUT2D eigenvalue weighted by Crippen LogP contribution is 2.42. The Labute approximate surface area is 99.9 Å². The van der Waals surface area contributed by atoms with Crippen molar-refractivity contribution in [2.45, 2.75) is 70.8 Å². The first-order valence-corrected chi connectivity index (χ1v) is 7.80. The smallest absolute Gasteiger partial charge is 0.311 e. The summed E-state index contributed by atoms with van der Waals surface area (Å²) in [6.45, 7) is 4.77. The highest BCUT2D eigenvalue weighted by atomic mass is 31.1. The van der Waals surface area contributed by atoms with E-state index in [0.29, 0.717) is 6.61 Å². The third-order valence-corrected chi connectivity index (χ3v) is 4.47. The van der Waals surface area contributed by atoms with E-state index in [9.17, 15) is 4.57 Å². The van der Waals surface area contributed by atoms with Crippen LogP contribution in [0.25, 0.3) is 0 Å². The molecule has 1 aliphatic rings. The number of unbranched alkanes of at least 4 members (excludes halogenated alkanes) is 1. The summed E-state index contributed by atoms with van der Waals surface area (Å²) in [6, 6.07) is 0. The van der Waals surface area contributed by atoms with Gasteiger partial charge in [0.15, 0.2) is 0 Å². The summed E-state index contributed by atoms with van der Waals surface area (Å²) in [4.78, 5) is 0. The number of hydrogen-bond donors (Lipinski definition) is 0. The summed E-state index contributed by atoms with van der Waals surface area (Å²) in [6.07, 6.45) is 8.71. The van der Waals surface area contributed by atoms with Crippen LogP contribution in [0.2, 0.25) is 0 Å². The summed E-state index contributed by atoms with van der Waals surface area (Å²) in [5.41, 5.74) is -0.152. The lowest BCUT2D eigenvalue weighted by Crippen LogP contribution is -2.32. The maximum absolute atomic E-state index is 11.7. The Morgan fingerprint density at radius 2 is 1.88 bits per heavy atom. The van der Waals surface area contributed by atoms with E-state index in [1.54, 1.807) is 0 Å². The van der Waals surface area contributed by atoms with Crippen LogP contribution in [0.1, 0.15) is 65.2 Å². The Kier molecular flexibility index (Phi) is 6.64. The summed E-state index contributed by atoms with van der Waals surface area (Å²) in [5.74, 6) is 0. The van der Waals surface area contributed by atoms with Crippen molar-refractivity contribution >= 4 is 8.25 Å². The van der Waals surface area contributed by atoms with Crippen LogP contribution in [-0.2, 0) is 13.6 Å². The van der Waals surface area contributed by atoms with Gasteiger partial charge in [-0.15, -0.1) is 0 Å². The van der Waals surface area contributed by atoms with Crippen molar-refractivity contribution in [2.24, 2.45) is 0 Å². The molecular weight excluding hydrogens is 223 g/mol. The molecule has 0 aromatic rings. The first-order valence-electron chi connectivity index (χ1n) is 6.58. The van der Waals surface area contributed by atoms with Gasteiger partial charge < -0.3 is 9.05 Å². The van der Waals surface area contributed by atoms with Gasteiger partial charge in [-0.05, 0) is 25.7 Å². The van der Waals surface area contributed by atoms with Crippen LogP contribution in [-0.4, -0.2) is 12.2 Å². The van der Waals surface area contributed by atoms with Gasteiger partial charge in [0, 0.05) is 0 Å². The molecule has 1 aliphatic carbocycles. The van der Waals surface area contributed by atoms with Crippen LogP contribution in [0, 0.1) is 0 Å². The molecule has 4 heteroatoms. The maximum Gasteiger partial charge on any atom is 0.319 e. The van der Waals surface area contributed by atoms with Crippen molar-refractivity contribution in [1.82, 2.24) is 0 Å². The van der Waals surface area contributed by atoms with E-state index in [1.807, 2.05) is 0 Å². The maximum atomic E-state index is 11.7. The lowest BCUT2D eigenvalue weighted by atomic mass is 9.83. The quantitative estimate of drug-likeness (QED) is 0.497. The summed E-state index contributed by atoms with van der Waals surface area (Å²) in [5, 5.41) is 0. The van der Waals surface area contributed by atoms with E-state index in [1.165, 1.54) is 19.3 Å². The molecule has 0 bridgehead atoms. The Balaban J connectivity index is 2.33. The lowest BCUT2D eigenvalue weighted by molar-refractivity contribution is 0.0179. The van der Waals surface area contributed by atoms with E-state index in [2.05, 4.69) is 13.8 Å². The van der Waals surface area contributed by atoms with Crippen molar-refractivity contribution in [3.05, 3.63) is 0 Å². The summed E-state index contributed by atoms with van der Waals surface area (Å²) < 4.78 is 22.6. The Morgan fingerprint density at radius 3 is 2.44 bits per heavy atom. The van der Waals surface area contributed by atoms with Crippen LogP contribution in [0.5, 0.6) is 0 Å². The molecule has 0 amide bonds. The van der Waals surface area contributed by atoms with Crippen LogP contribution >= 0.6 is 8.25 Å². The minimum Gasteiger partial charge on any atom is -0.311 e. The zero-order valence-corrected chi connectivity index (χ0v) is 11.6. The first-order chi connectivity index (χ1) is 7.72. The van der Waals surface area contributed by atoms with Gasteiger partial charge >= 0.3 is 8.25 Å². The van der Waals surface area contributed by atoms with E-state index in [0.717, 1.165) is 32.1 Å². The SMILES string of the molecule is CCCCO[PH](=O)OC1(CC)CCCCC1. The van der Waals surface area contributed by atoms with E-state index < -0.39 is 8.25 Å². The van der Waals surface area contributed by atoms with Gasteiger partial charge in [0.05, 0.1) is 12.2 Å². The molecule has 0 saturated heterocycles. The van der Waals surface area contributed by atoms with Crippen molar-refractivity contribution in [2.75, 3.05) is 6.61 Å². The fourth-order valence-electron chi connectivity index (χ4n) is 2.23. The molecule has 0 aromatic carbocycles. The molecule has 1 unspecified atom stereocenters. The van der Waals surface area contributed by atoms with E-state index in [-0.39, 0.29) is 5.60 Å². The Hall–Kier alpha value is 0.150. The van der Waals surface area contributed by atoms with Gasteiger partial charge in [0.1, 0.15) is 0 Å². The summed E-state index contributed by atoms with van der Waals surface area (Å²) in [7, 11) is -2.28. The minimum atomic E-state index is -2.28. The van der Waals surface area contributed by atoms with Crippen molar-refractivity contribution in [1.29, 1.82) is 0 Å². The zero-order valence-electron chi connectivity index (χ0n) is 10.6. The molecule has 0 heterocycles. The second-order valence-electron chi connectivity index (χ2n) is 4.65. The molecule has 16 heavy (non-hydrogen) atoms. The molecule has 0 radical (unpaired) electrons. The molecule has 0 N–H and O–H groups in total. The number of hydrogen-bond acceptors (Lipinski definition) is 3. The molecule has 1 fully saturated rings. The molecule has 1 atom stereocenters. The van der Waals surface area contributed by atoms with E-state index >= 15 is 0 Å². The van der Waals surface area contributed by atoms with Crippen LogP contribution < -0.4 is 0 Å². The summed E-state index contributed by atoms with van der Waals surface area (Å²) >= 11 is 0. The monoisotopic (exact) mass is 248 g/mol. The van der Waals surface area contributed by atoms with Crippen LogP contribution in [0.15, 0.2) is 0 Å². The van der Waals surface area contributed by atoms with Gasteiger partial charge in [-0.3, -0.25) is 4.57 Å². The molecule has 0 aliphatic heterocycles. The zero-order chi connectivity index (χ0) is 11.9. The Morgan fingerprint density at radius 1 is 1.19 bits per heavy atom. The standard InChI is InChI=1S/C12H25O3P/c1-3-5-11-14-16(13)15-12(4-2)9-7-6-8-10-12/h16H,3-11H2,1-2H3. The van der Waals surface area contributed by atoms with Gasteiger partial charge in [0.2, 0.25) is 0 Å². The van der Waals surface area contributed by atoms with Crippen molar-refractivity contribution in [3.63, 3.8) is 0 Å². The first kappa shape index (κ1) is 14.2. The third kappa shape index (κ3) is 4.57. The number of rotatable bonds is 7. The molecule has 96 valence electrons. The largest absolute Gasteiger partial charge is 0.319 e. The van der Waals surface area contributed by atoms with Gasteiger partial charge in [0.25, 0.3) is 0 Å². The topological polar surface area (TPSA) is 35.5 Å². The molecule has 1 rings (SSSR count). The predicted molar refractivity (Wildman–Crippen MR) is 67.1 cm³/mol. The van der Waals surface area contributed by atoms with Crippen LogP contribution in [0.4, 0.5) is 0 Å². The Bertz CT molecular complexity index is 212. The lowest BCUT2D eigenvalue weighted by Gasteiger charge is -2.35. The molecule has 0 spiro atoms. The molecular formula is C12H25O3P. The van der Waals surface area contributed by atoms with Gasteiger partial charge in [-0.1, -0.05) is 39.5 Å². The van der Waals surface area contributed by atoms with E-state index in [4.69, 9.17) is 9.05 Å². The average Bonchev–Trinajstić information content (AvgIpc) is 2.30. The average molecular weight is 248 g/mol. The predicted octanol–water partition coefficient (Wildman–Crippen LogP) is 4.32. The molecule has 3 nitrogen and oxygen atoms in total. The normalized spacial score (nSPS) is 21.9. The van der Waals surface area contributed by atoms with Crippen molar-refractivity contribution < 1.29 is 13.6 Å². The molecule has 0 aromatic heterocycles. The third-order valence-electron chi connectivity index (χ3n) is 3.43. The van der Waals surface area contributed by atoms with Crippen molar-refractivity contribution in [3.8, 4) is 0 Å². The highest BCUT2D eigenvalue weighted by molar-refractivity contribution is 7.33.